The topological polar surface area (TPSA) is 60.9 Å². The zero-order chi connectivity index (χ0) is 12.2. The third kappa shape index (κ3) is 2.82. The summed E-state index contributed by atoms with van der Waals surface area (Å²) < 4.78 is 26.9. The van der Waals surface area contributed by atoms with E-state index in [2.05, 4.69) is 6.58 Å². The van der Waals surface area contributed by atoms with Gasteiger partial charge in [0.1, 0.15) is 0 Å². The van der Waals surface area contributed by atoms with Crippen LogP contribution in [-0.4, -0.2) is 54.9 Å². The van der Waals surface area contributed by atoms with Gasteiger partial charge >= 0.3 is 0 Å². The molecule has 0 aliphatic carbocycles. The van der Waals surface area contributed by atoms with Gasteiger partial charge in [0.15, 0.2) is 0 Å². The maximum atomic E-state index is 12.1. The zero-order valence-electron chi connectivity index (χ0n) is 9.67. The Balaban J connectivity index is 2.83. The molecule has 0 aromatic heterocycles. The fourth-order valence-corrected chi connectivity index (χ4v) is 3.48. The van der Waals surface area contributed by atoms with Crippen molar-refractivity contribution in [3.8, 4) is 0 Å². The molecule has 0 amide bonds. The summed E-state index contributed by atoms with van der Waals surface area (Å²) >= 11 is 0. The van der Waals surface area contributed by atoms with Crippen molar-refractivity contribution in [1.29, 1.82) is 0 Å². The highest BCUT2D eigenvalue weighted by atomic mass is 32.2. The highest BCUT2D eigenvalue weighted by Gasteiger charge is 2.34. The lowest BCUT2D eigenvalue weighted by Crippen LogP contribution is -2.50. The number of piperidine rings is 1. The average molecular weight is 248 g/mol. The first-order valence-electron chi connectivity index (χ1n) is 5.49. The minimum absolute atomic E-state index is 0.110. The molecule has 0 aromatic carbocycles. The molecule has 1 aliphatic heterocycles. The first-order chi connectivity index (χ1) is 7.54. The molecule has 16 heavy (non-hydrogen) atoms. The van der Waals surface area contributed by atoms with E-state index in [1.807, 2.05) is 0 Å². The summed E-state index contributed by atoms with van der Waals surface area (Å²) in [5.74, 6) is 0. The SMILES string of the molecule is C=CCN(C)S(=O)(=O)N1CCCCC1CO. The molecule has 5 nitrogen and oxygen atoms in total. The van der Waals surface area contributed by atoms with Crippen molar-refractivity contribution >= 4 is 10.2 Å². The van der Waals surface area contributed by atoms with E-state index < -0.39 is 10.2 Å². The smallest absolute Gasteiger partial charge is 0.282 e. The largest absolute Gasteiger partial charge is 0.395 e. The summed E-state index contributed by atoms with van der Waals surface area (Å²) in [4.78, 5) is 0. The van der Waals surface area contributed by atoms with Crippen LogP contribution in [0.1, 0.15) is 19.3 Å². The summed E-state index contributed by atoms with van der Waals surface area (Å²) in [6, 6.07) is -0.272. The zero-order valence-corrected chi connectivity index (χ0v) is 10.5. The Kier molecular flexibility index (Phi) is 4.91. The molecule has 94 valence electrons. The van der Waals surface area contributed by atoms with Crippen LogP contribution < -0.4 is 0 Å². The fourth-order valence-electron chi connectivity index (χ4n) is 1.92. The molecular formula is C10H20N2O3S. The van der Waals surface area contributed by atoms with Gasteiger partial charge in [-0.25, -0.2) is 0 Å². The van der Waals surface area contributed by atoms with Gasteiger partial charge in [-0.3, -0.25) is 0 Å². The lowest BCUT2D eigenvalue weighted by atomic mass is 10.1. The minimum Gasteiger partial charge on any atom is -0.395 e. The quantitative estimate of drug-likeness (QED) is 0.707. The lowest BCUT2D eigenvalue weighted by molar-refractivity contribution is 0.149. The third-order valence-electron chi connectivity index (χ3n) is 2.86. The molecule has 0 saturated carbocycles. The summed E-state index contributed by atoms with van der Waals surface area (Å²) in [6.45, 7) is 4.20. The predicted molar refractivity (Wildman–Crippen MR) is 63.2 cm³/mol. The van der Waals surface area contributed by atoms with Crippen molar-refractivity contribution in [1.82, 2.24) is 8.61 Å². The third-order valence-corrected chi connectivity index (χ3v) is 4.87. The Morgan fingerprint density at radius 1 is 1.56 bits per heavy atom. The minimum atomic E-state index is -3.45. The summed E-state index contributed by atoms with van der Waals surface area (Å²) in [6.07, 6.45) is 4.12. The molecule has 1 atom stereocenters. The maximum absolute atomic E-state index is 12.1. The van der Waals surface area contributed by atoms with Gasteiger partial charge in [-0.15, -0.1) is 6.58 Å². The molecule has 1 unspecified atom stereocenters. The molecule has 1 aliphatic rings. The van der Waals surface area contributed by atoms with Crippen molar-refractivity contribution in [3.05, 3.63) is 12.7 Å². The van der Waals surface area contributed by atoms with Crippen LogP contribution >= 0.6 is 0 Å². The lowest BCUT2D eigenvalue weighted by Gasteiger charge is -2.35. The van der Waals surface area contributed by atoms with E-state index in [0.29, 0.717) is 6.54 Å². The van der Waals surface area contributed by atoms with E-state index in [4.69, 9.17) is 0 Å². The van der Waals surface area contributed by atoms with Crippen molar-refractivity contribution in [2.24, 2.45) is 0 Å². The van der Waals surface area contributed by atoms with Gasteiger partial charge < -0.3 is 5.11 Å². The number of rotatable bonds is 5. The molecule has 1 fully saturated rings. The van der Waals surface area contributed by atoms with Gasteiger partial charge in [0.2, 0.25) is 0 Å². The van der Waals surface area contributed by atoms with E-state index >= 15 is 0 Å². The monoisotopic (exact) mass is 248 g/mol. The van der Waals surface area contributed by atoms with Gasteiger partial charge in [0, 0.05) is 26.2 Å². The highest BCUT2D eigenvalue weighted by Crippen LogP contribution is 2.21. The summed E-state index contributed by atoms with van der Waals surface area (Å²) in [7, 11) is -1.92. The molecule has 1 saturated heterocycles. The highest BCUT2D eigenvalue weighted by molar-refractivity contribution is 7.86. The molecule has 0 spiro atoms. The first kappa shape index (κ1) is 13.6. The number of hydrogen-bond donors (Lipinski definition) is 1. The van der Waals surface area contributed by atoms with Crippen LogP contribution in [0.2, 0.25) is 0 Å². The van der Waals surface area contributed by atoms with Crippen molar-refractivity contribution in [3.63, 3.8) is 0 Å². The molecule has 0 radical (unpaired) electrons. The van der Waals surface area contributed by atoms with Crippen LogP contribution in [0, 0.1) is 0 Å². The average Bonchev–Trinajstić information content (AvgIpc) is 2.29. The Labute approximate surface area is 97.5 Å². The van der Waals surface area contributed by atoms with E-state index in [-0.39, 0.29) is 19.2 Å². The van der Waals surface area contributed by atoms with Crippen LogP contribution in [0.15, 0.2) is 12.7 Å². The Bertz CT molecular complexity index is 329. The van der Waals surface area contributed by atoms with Gasteiger partial charge in [0.25, 0.3) is 10.2 Å². The Morgan fingerprint density at radius 3 is 2.81 bits per heavy atom. The summed E-state index contributed by atoms with van der Waals surface area (Å²) in [5, 5.41) is 9.19. The molecule has 0 bridgehead atoms. The number of likely N-dealkylation sites (N-methyl/N-ethyl adjacent to an activating group) is 1. The van der Waals surface area contributed by atoms with E-state index in [9.17, 15) is 13.5 Å². The van der Waals surface area contributed by atoms with Crippen LogP contribution in [0.3, 0.4) is 0 Å². The number of aliphatic hydroxyl groups excluding tert-OH is 1. The van der Waals surface area contributed by atoms with Crippen LogP contribution in [0.5, 0.6) is 0 Å². The predicted octanol–water partition coefficient (Wildman–Crippen LogP) is 0.196. The van der Waals surface area contributed by atoms with Crippen molar-refractivity contribution in [2.75, 3.05) is 26.7 Å². The second kappa shape index (κ2) is 5.77. The van der Waals surface area contributed by atoms with Gasteiger partial charge in [-0.2, -0.15) is 17.0 Å². The maximum Gasteiger partial charge on any atom is 0.282 e. The number of hydrogen-bond acceptors (Lipinski definition) is 3. The van der Waals surface area contributed by atoms with E-state index in [1.54, 1.807) is 6.08 Å². The molecule has 1 rings (SSSR count). The molecule has 1 heterocycles. The van der Waals surface area contributed by atoms with E-state index in [1.165, 1.54) is 15.7 Å². The number of aliphatic hydroxyl groups is 1. The normalized spacial score (nSPS) is 23.6. The molecule has 0 aromatic rings. The van der Waals surface area contributed by atoms with Crippen LogP contribution in [0.25, 0.3) is 0 Å². The Morgan fingerprint density at radius 2 is 2.25 bits per heavy atom. The standard InChI is InChI=1S/C10H20N2O3S/c1-3-7-11(2)16(14,15)12-8-5-4-6-10(12)9-13/h3,10,13H,1,4-9H2,2H3. The van der Waals surface area contributed by atoms with Gasteiger partial charge in [-0.05, 0) is 12.8 Å². The first-order valence-corrected chi connectivity index (χ1v) is 6.88. The molecule has 1 N–H and O–H groups in total. The number of nitrogens with zero attached hydrogens (tertiary/aromatic N) is 2. The van der Waals surface area contributed by atoms with Crippen molar-refractivity contribution < 1.29 is 13.5 Å². The second-order valence-electron chi connectivity index (χ2n) is 4.02. The fraction of sp³-hybridized carbons (Fsp3) is 0.800. The van der Waals surface area contributed by atoms with Gasteiger partial charge in [-0.1, -0.05) is 12.5 Å². The van der Waals surface area contributed by atoms with Crippen molar-refractivity contribution in [2.45, 2.75) is 25.3 Å². The molecular weight excluding hydrogens is 228 g/mol. The van der Waals surface area contributed by atoms with E-state index in [0.717, 1.165) is 19.3 Å². The second-order valence-corrected chi connectivity index (χ2v) is 6.01. The Hall–Kier alpha value is -0.430. The van der Waals surface area contributed by atoms with Crippen LogP contribution in [0.4, 0.5) is 0 Å². The van der Waals surface area contributed by atoms with Gasteiger partial charge in [0.05, 0.1) is 6.61 Å². The summed E-state index contributed by atoms with van der Waals surface area (Å²) in [5.41, 5.74) is 0. The van der Waals surface area contributed by atoms with Crippen LogP contribution in [-0.2, 0) is 10.2 Å². The molecule has 6 heteroatoms.